The van der Waals surface area contributed by atoms with Gasteiger partial charge in [-0.25, -0.2) is 14.6 Å². The fourth-order valence-corrected chi connectivity index (χ4v) is 2.62. The summed E-state index contributed by atoms with van der Waals surface area (Å²) in [5, 5.41) is 4.81. The molecular weight excluding hydrogens is 252 g/mol. The minimum Gasteiger partial charge on any atom is -0.381 e. The zero-order valence-corrected chi connectivity index (χ0v) is 11.0. The molecule has 2 aromatic rings. The zero-order chi connectivity index (χ0) is 12.5. The van der Waals surface area contributed by atoms with Crippen LogP contribution in [0.15, 0.2) is 12.4 Å². The summed E-state index contributed by atoms with van der Waals surface area (Å²) in [5.41, 5.74) is 1.56. The number of aromatic nitrogens is 4. The highest BCUT2D eigenvalue weighted by atomic mass is 35.5. The third kappa shape index (κ3) is 2.08. The molecule has 0 spiro atoms. The summed E-state index contributed by atoms with van der Waals surface area (Å²) >= 11 is 5.90. The molecule has 0 radical (unpaired) electrons. The zero-order valence-electron chi connectivity index (χ0n) is 10.2. The van der Waals surface area contributed by atoms with E-state index in [1.807, 2.05) is 4.68 Å². The number of hydrogen-bond donors (Lipinski definition) is 0. The van der Waals surface area contributed by atoms with Crippen molar-refractivity contribution in [3.05, 3.63) is 17.5 Å². The van der Waals surface area contributed by atoms with Gasteiger partial charge in [-0.05, 0) is 25.7 Å². The summed E-state index contributed by atoms with van der Waals surface area (Å²) in [6, 6.07) is 0.291. The molecule has 1 aliphatic rings. The molecule has 1 fully saturated rings. The lowest BCUT2D eigenvalue weighted by molar-refractivity contribution is 0.0501. The van der Waals surface area contributed by atoms with E-state index in [-0.39, 0.29) is 0 Å². The highest BCUT2D eigenvalue weighted by molar-refractivity contribution is 6.29. The van der Waals surface area contributed by atoms with Gasteiger partial charge in [0.05, 0.1) is 18.4 Å². The standard InChI is InChI=1S/C12H15ClN4O/c1-8(9-2-4-18-5-3-9)17-12-10(6-15-17)14-7-11(13)16-12/h6-9H,2-5H2,1H3. The predicted molar refractivity (Wildman–Crippen MR) is 68.6 cm³/mol. The Kier molecular flexibility index (Phi) is 3.18. The Morgan fingerprint density at radius 3 is 2.94 bits per heavy atom. The second-order valence-corrected chi connectivity index (χ2v) is 5.07. The summed E-state index contributed by atoms with van der Waals surface area (Å²) in [4.78, 5) is 8.55. The second-order valence-electron chi connectivity index (χ2n) is 4.68. The third-order valence-corrected chi connectivity index (χ3v) is 3.79. The minimum absolute atomic E-state index is 0.291. The first kappa shape index (κ1) is 11.9. The first-order valence-electron chi connectivity index (χ1n) is 6.19. The van der Waals surface area contributed by atoms with Gasteiger partial charge < -0.3 is 4.74 Å². The Balaban J connectivity index is 1.95. The lowest BCUT2D eigenvalue weighted by Crippen LogP contribution is -2.24. The maximum atomic E-state index is 5.90. The van der Waals surface area contributed by atoms with E-state index < -0.39 is 0 Å². The largest absolute Gasteiger partial charge is 0.381 e. The Morgan fingerprint density at radius 1 is 1.39 bits per heavy atom. The molecule has 1 aliphatic heterocycles. The van der Waals surface area contributed by atoms with Crippen LogP contribution in [0.25, 0.3) is 11.2 Å². The average Bonchev–Trinajstić information content (AvgIpc) is 2.82. The van der Waals surface area contributed by atoms with E-state index >= 15 is 0 Å². The molecule has 0 saturated carbocycles. The van der Waals surface area contributed by atoms with Crippen LogP contribution in [0.4, 0.5) is 0 Å². The average molecular weight is 267 g/mol. The number of nitrogens with zero attached hydrogens (tertiary/aromatic N) is 4. The first-order valence-corrected chi connectivity index (χ1v) is 6.57. The molecule has 5 nitrogen and oxygen atoms in total. The molecule has 0 amide bonds. The molecule has 3 rings (SSSR count). The van der Waals surface area contributed by atoms with Crippen LogP contribution in [0.5, 0.6) is 0 Å². The van der Waals surface area contributed by atoms with Gasteiger partial charge in [0.1, 0.15) is 10.7 Å². The smallest absolute Gasteiger partial charge is 0.178 e. The fourth-order valence-electron chi connectivity index (χ4n) is 2.50. The highest BCUT2D eigenvalue weighted by Gasteiger charge is 2.24. The number of hydrogen-bond acceptors (Lipinski definition) is 4. The van der Waals surface area contributed by atoms with Gasteiger partial charge in [-0.1, -0.05) is 11.6 Å². The SMILES string of the molecule is CC(C1CCOCC1)n1ncc2ncc(Cl)nc21. The third-order valence-electron chi connectivity index (χ3n) is 3.61. The fraction of sp³-hybridized carbons (Fsp3) is 0.583. The second kappa shape index (κ2) is 4.82. The molecule has 18 heavy (non-hydrogen) atoms. The van der Waals surface area contributed by atoms with Gasteiger partial charge in [0.25, 0.3) is 0 Å². The molecule has 1 saturated heterocycles. The minimum atomic E-state index is 0.291. The van der Waals surface area contributed by atoms with Crippen molar-refractivity contribution in [3.63, 3.8) is 0 Å². The monoisotopic (exact) mass is 266 g/mol. The molecule has 2 aromatic heterocycles. The normalized spacial score (nSPS) is 19.2. The Hall–Kier alpha value is -1.20. The van der Waals surface area contributed by atoms with Gasteiger partial charge in [-0.15, -0.1) is 0 Å². The van der Waals surface area contributed by atoms with Crippen LogP contribution in [0.3, 0.4) is 0 Å². The molecule has 0 N–H and O–H groups in total. The summed E-state index contributed by atoms with van der Waals surface area (Å²) in [6.07, 6.45) is 5.43. The van der Waals surface area contributed by atoms with Crippen molar-refractivity contribution in [3.8, 4) is 0 Å². The van der Waals surface area contributed by atoms with Gasteiger partial charge in [-0.3, -0.25) is 0 Å². The lowest BCUT2D eigenvalue weighted by atomic mass is 9.93. The van der Waals surface area contributed by atoms with E-state index in [2.05, 4.69) is 22.0 Å². The maximum Gasteiger partial charge on any atom is 0.178 e. The van der Waals surface area contributed by atoms with Crippen LogP contribution >= 0.6 is 11.6 Å². The van der Waals surface area contributed by atoms with E-state index in [0.29, 0.717) is 17.1 Å². The van der Waals surface area contributed by atoms with E-state index in [1.165, 1.54) is 0 Å². The Morgan fingerprint density at radius 2 is 2.17 bits per heavy atom. The van der Waals surface area contributed by atoms with Crippen molar-refractivity contribution >= 4 is 22.8 Å². The van der Waals surface area contributed by atoms with Crippen molar-refractivity contribution in [2.45, 2.75) is 25.8 Å². The molecule has 0 aliphatic carbocycles. The number of rotatable bonds is 2. The number of fused-ring (bicyclic) bond motifs is 1. The van der Waals surface area contributed by atoms with Crippen LogP contribution in [0, 0.1) is 5.92 Å². The van der Waals surface area contributed by atoms with Crippen molar-refractivity contribution in [2.75, 3.05) is 13.2 Å². The van der Waals surface area contributed by atoms with Crippen LogP contribution < -0.4 is 0 Å². The van der Waals surface area contributed by atoms with Crippen molar-refractivity contribution in [1.82, 2.24) is 19.7 Å². The van der Waals surface area contributed by atoms with E-state index in [9.17, 15) is 0 Å². The van der Waals surface area contributed by atoms with Crippen molar-refractivity contribution in [1.29, 1.82) is 0 Å². The van der Waals surface area contributed by atoms with Crippen molar-refractivity contribution in [2.24, 2.45) is 5.92 Å². The molecule has 6 heteroatoms. The summed E-state index contributed by atoms with van der Waals surface area (Å²) < 4.78 is 7.33. The number of ether oxygens (including phenoxy) is 1. The van der Waals surface area contributed by atoms with E-state index in [1.54, 1.807) is 12.4 Å². The number of halogens is 1. The van der Waals surface area contributed by atoms with E-state index in [0.717, 1.165) is 37.2 Å². The van der Waals surface area contributed by atoms with Gasteiger partial charge >= 0.3 is 0 Å². The quantitative estimate of drug-likeness (QED) is 0.838. The van der Waals surface area contributed by atoms with Crippen LogP contribution in [-0.4, -0.2) is 33.0 Å². The Bertz CT molecular complexity index is 550. The van der Waals surface area contributed by atoms with Crippen LogP contribution in [-0.2, 0) is 4.74 Å². The topological polar surface area (TPSA) is 52.8 Å². The molecule has 3 heterocycles. The molecule has 0 aromatic carbocycles. The molecular formula is C12H15ClN4O. The Labute approximate surface area is 110 Å². The van der Waals surface area contributed by atoms with Crippen molar-refractivity contribution < 1.29 is 4.74 Å². The molecule has 1 atom stereocenters. The summed E-state index contributed by atoms with van der Waals surface area (Å²) in [5.74, 6) is 0.572. The van der Waals surface area contributed by atoms with Crippen LogP contribution in [0.2, 0.25) is 5.15 Å². The molecule has 0 bridgehead atoms. The lowest BCUT2D eigenvalue weighted by Gasteiger charge is -2.27. The first-order chi connectivity index (χ1) is 8.75. The van der Waals surface area contributed by atoms with Gasteiger partial charge in [0.15, 0.2) is 5.65 Å². The van der Waals surface area contributed by atoms with Crippen LogP contribution in [0.1, 0.15) is 25.8 Å². The summed E-state index contributed by atoms with van der Waals surface area (Å²) in [7, 11) is 0. The van der Waals surface area contributed by atoms with E-state index in [4.69, 9.17) is 16.3 Å². The maximum absolute atomic E-state index is 5.90. The highest BCUT2D eigenvalue weighted by Crippen LogP contribution is 2.28. The predicted octanol–water partition coefficient (Wildman–Crippen LogP) is 2.47. The summed E-state index contributed by atoms with van der Waals surface area (Å²) in [6.45, 7) is 3.84. The molecule has 1 unspecified atom stereocenters. The van der Waals surface area contributed by atoms with Gasteiger partial charge in [0, 0.05) is 13.2 Å². The van der Waals surface area contributed by atoms with Gasteiger partial charge in [0.2, 0.25) is 0 Å². The molecule has 96 valence electrons. The van der Waals surface area contributed by atoms with Gasteiger partial charge in [-0.2, -0.15) is 5.10 Å².